The zero-order valence-corrected chi connectivity index (χ0v) is 13.1. The van der Waals surface area contributed by atoms with Crippen molar-refractivity contribution >= 4 is 21.4 Å². The summed E-state index contributed by atoms with van der Waals surface area (Å²) >= 11 is 1.37. The quantitative estimate of drug-likeness (QED) is 0.813. The molecule has 1 aromatic carbocycles. The lowest BCUT2D eigenvalue weighted by molar-refractivity contribution is 0.576. The van der Waals surface area contributed by atoms with Gasteiger partial charge in [-0.2, -0.15) is 0 Å². The topological polar surface area (TPSA) is 71.1 Å². The first-order valence-corrected chi connectivity index (χ1v) is 8.75. The second kappa shape index (κ2) is 7.08. The summed E-state index contributed by atoms with van der Waals surface area (Å²) < 4.78 is 40.5. The normalized spacial score (nSPS) is 11.7. The largest absolute Gasteiger partial charge is 0.313 e. The van der Waals surface area contributed by atoms with Crippen molar-refractivity contribution in [1.29, 1.82) is 0 Å². The fourth-order valence-electron chi connectivity index (χ4n) is 1.69. The molecule has 0 fully saturated rings. The van der Waals surface area contributed by atoms with Crippen LogP contribution in [0.25, 0.3) is 0 Å². The lowest BCUT2D eigenvalue weighted by Gasteiger charge is -2.09. The Morgan fingerprint density at radius 2 is 2.14 bits per heavy atom. The third kappa shape index (κ3) is 4.31. The van der Waals surface area contributed by atoms with Gasteiger partial charge in [0.05, 0.1) is 10.4 Å². The Kier molecular flexibility index (Phi) is 5.40. The van der Waals surface area contributed by atoms with E-state index in [1.807, 2.05) is 6.92 Å². The number of aromatic nitrogens is 1. The van der Waals surface area contributed by atoms with Gasteiger partial charge < -0.3 is 5.32 Å². The van der Waals surface area contributed by atoms with Crippen molar-refractivity contribution in [3.05, 3.63) is 46.2 Å². The van der Waals surface area contributed by atoms with E-state index in [2.05, 4.69) is 15.0 Å². The van der Waals surface area contributed by atoms with Gasteiger partial charge in [-0.05, 0) is 24.7 Å². The number of hydrogen-bond donors (Lipinski definition) is 2. The van der Waals surface area contributed by atoms with E-state index in [0.29, 0.717) is 18.7 Å². The maximum atomic E-state index is 13.6. The van der Waals surface area contributed by atoms with Gasteiger partial charge in [0.15, 0.2) is 0 Å². The average molecular weight is 329 g/mol. The standard InChI is InChI=1S/C13H16FN3O2S2/c1-2-15-6-10-5-12(3-4-13(10)14)21(18,19)17-8-11-7-16-9-20-11/h3-5,7,9,15,17H,2,6,8H2,1H3. The van der Waals surface area contributed by atoms with Crippen molar-refractivity contribution in [2.24, 2.45) is 0 Å². The third-order valence-electron chi connectivity index (χ3n) is 2.81. The molecule has 0 spiro atoms. The summed E-state index contributed by atoms with van der Waals surface area (Å²) in [5, 5.41) is 2.98. The van der Waals surface area contributed by atoms with Crippen LogP contribution in [0.4, 0.5) is 4.39 Å². The minimum atomic E-state index is -3.67. The SMILES string of the molecule is CCNCc1cc(S(=O)(=O)NCc2cncs2)ccc1F. The molecule has 0 bridgehead atoms. The van der Waals surface area contributed by atoms with Crippen molar-refractivity contribution in [3.63, 3.8) is 0 Å². The summed E-state index contributed by atoms with van der Waals surface area (Å²) in [5.41, 5.74) is 1.97. The van der Waals surface area contributed by atoms with Crippen LogP contribution >= 0.6 is 11.3 Å². The molecule has 0 radical (unpaired) electrons. The van der Waals surface area contributed by atoms with E-state index >= 15 is 0 Å². The minimum absolute atomic E-state index is 0.0568. The Balaban J connectivity index is 2.15. The molecule has 114 valence electrons. The molecular formula is C13H16FN3O2S2. The summed E-state index contributed by atoms with van der Waals surface area (Å²) in [6.07, 6.45) is 1.61. The van der Waals surface area contributed by atoms with E-state index in [4.69, 9.17) is 0 Å². The second-order valence-corrected chi connectivity index (χ2v) is 7.06. The van der Waals surface area contributed by atoms with E-state index in [1.165, 1.54) is 29.5 Å². The molecule has 0 aliphatic rings. The van der Waals surface area contributed by atoms with Crippen LogP contribution in [0.15, 0.2) is 34.8 Å². The van der Waals surface area contributed by atoms with E-state index in [9.17, 15) is 12.8 Å². The van der Waals surface area contributed by atoms with Gasteiger partial charge in [0.2, 0.25) is 10.0 Å². The average Bonchev–Trinajstić information content (AvgIpc) is 2.97. The summed E-state index contributed by atoms with van der Waals surface area (Å²) in [6.45, 7) is 3.04. The molecule has 2 aromatic rings. The molecule has 0 amide bonds. The molecule has 8 heteroatoms. The maximum Gasteiger partial charge on any atom is 0.240 e. The van der Waals surface area contributed by atoms with E-state index in [0.717, 1.165) is 4.88 Å². The Morgan fingerprint density at radius 1 is 1.33 bits per heavy atom. The van der Waals surface area contributed by atoms with Crippen LogP contribution in [0.2, 0.25) is 0 Å². The Morgan fingerprint density at radius 3 is 2.81 bits per heavy atom. The number of nitrogens with one attached hydrogen (secondary N) is 2. The molecule has 0 aliphatic carbocycles. The van der Waals surface area contributed by atoms with Crippen LogP contribution in [-0.4, -0.2) is 19.9 Å². The number of nitrogens with zero attached hydrogens (tertiary/aromatic N) is 1. The molecule has 0 saturated heterocycles. The molecule has 1 heterocycles. The van der Waals surface area contributed by atoms with Crippen LogP contribution in [-0.2, 0) is 23.1 Å². The van der Waals surface area contributed by atoms with Gasteiger partial charge in [-0.15, -0.1) is 11.3 Å². The van der Waals surface area contributed by atoms with E-state index < -0.39 is 15.8 Å². The van der Waals surface area contributed by atoms with Gasteiger partial charge in [-0.3, -0.25) is 4.98 Å². The first-order chi connectivity index (χ1) is 10.0. The van der Waals surface area contributed by atoms with Crippen molar-refractivity contribution in [2.75, 3.05) is 6.54 Å². The third-order valence-corrected chi connectivity index (χ3v) is 4.99. The fraction of sp³-hybridized carbons (Fsp3) is 0.308. The number of rotatable bonds is 7. The number of benzene rings is 1. The summed E-state index contributed by atoms with van der Waals surface area (Å²) in [5.74, 6) is -0.419. The smallest absolute Gasteiger partial charge is 0.240 e. The second-order valence-electron chi connectivity index (χ2n) is 4.33. The van der Waals surface area contributed by atoms with Crippen LogP contribution in [0.1, 0.15) is 17.4 Å². The van der Waals surface area contributed by atoms with Crippen molar-refractivity contribution in [3.8, 4) is 0 Å². The van der Waals surface area contributed by atoms with Gasteiger partial charge in [0.25, 0.3) is 0 Å². The molecule has 0 saturated carbocycles. The zero-order valence-electron chi connectivity index (χ0n) is 11.5. The highest BCUT2D eigenvalue weighted by atomic mass is 32.2. The molecular weight excluding hydrogens is 313 g/mol. The highest BCUT2D eigenvalue weighted by molar-refractivity contribution is 7.89. The maximum absolute atomic E-state index is 13.6. The van der Waals surface area contributed by atoms with Crippen LogP contribution in [0.5, 0.6) is 0 Å². The van der Waals surface area contributed by atoms with Gasteiger partial charge in [-0.1, -0.05) is 6.92 Å². The van der Waals surface area contributed by atoms with Crippen LogP contribution in [0.3, 0.4) is 0 Å². The lowest BCUT2D eigenvalue weighted by atomic mass is 10.2. The van der Waals surface area contributed by atoms with Gasteiger partial charge in [-0.25, -0.2) is 17.5 Å². The zero-order chi connectivity index (χ0) is 15.3. The first-order valence-electron chi connectivity index (χ1n) is 6.39. The molecule has 2 N–H and O–H groups in total. The van der Waals surface area contributed by atoms with Gasteiger partial charge in [0.1, 0.15) is 5.82 Å². The minimum Gasteiger partial charge on any atom is -0.313 e. The van der Waals surface area contributed by atoms with E-state index in [1.54, 1.807) is 11.7 Å². The Bertz CT molecular complexity index is 687. The van der Waals surface area contributed by atoms with Crippen molar-refractivity contribution < 1.29 is 12.8 Å². The number of thiazole rings is 1. The number of sulfonamides is 1. The first kappa shape index (κ1) is 16.0. The lowest BCUT2D eigenvalue weighted by Crippen LogP contribution is -2.23. The van der Waals surface area contributed by atoms with Crippen LogP contribution < -0.4 is 10.0 Å². The monoisotopic (exact) mass is 329 g/mol. The molecule has 0 atom stereocenters. The van der Waals surface area contributed by atoms with Crippen molar-refractivity contribution in [1.82, 2.24) is 15.0 Å². The molecule has 2 rings (SSSR count). The van der Waals surface area contributed by atoms with Gasteiger partial charge >= 0.3 is 0 Å². The molecule has 21 heavy (non-hydrogen) atoms. The molecule has 0 aliphatic heterocycles. The Labute approximate surface area is 127 Å². The predicted octanol–water partition coefficient (Wildman–Crippen LogP) is 1.87. The highest BCUT2D eigenvalue weighted by Crippen LogP contribution is 2.16. The highest BCUT2D eigenvalue weighted by Gasteiger charge is 2.16. The van der Waals surface area contributed by atoms with Crippen LogP contribution in [0, 0.1) is 5.82 Å². The number of hydrogen-bond acceptors (Lipinski definition) is 5. The van der Waals surface area contributed by atoms with Crippen molar-refractivity contribution in [2.45, 2.75) is 24.9 Å². The molecule has 0 unspecified atom stereocenters. The predicted molar refractivity (Wildman–Crippen MR) is 79.9 cm³/mol. The number of halogens is 1. The Hall–Kier alpha value is -1.35. The molecule has 5 nitrogen and oxygen atoms in total. The van der Waals surface area contributed by atoms with Gasteiger partial charge in [0, 0.05) is 29.7 Å². The fourth-order valence-corrected chi connectivity index (χ4v) is 3.37. The summed E-state index contributed by atoms with van der Waals surface area (Å²) in [6, 6.07) is 3.79. The molecule has 1 aromatic heterocycles. The summed E-state index contributed by atoms with van der Waals surface area (Å²) in [4.78, 5) is 4.75. The summed E-state index contributed by atoms with van der Waals surface area (Å²) in [7, 11) is -3.67. The van der Waals surface area contributed by atoms with E-state index in [-0.39, 0.29) is 11.4 Å².